The van der Waals surface area contributed by atoms with Crippen LogP contribution in [0.2, 0.25) is 0 Å². The molecule has 1 aromatic carbocycles. The lowest BCUT2D eigenvalue weighted by Gasteiger charge is -2.26. The highest BCUT2D eigenvalue weighted by Crippen LogP contribution is 2.21. The molecule has 1 aliphatic rings. The second-order valence-electron chi connectivity index (χ2n) is 5.92. The highest BCUT2D eigenvalue weighted by molar-refractivity contribution is 5.92. The van der Waals surface area contributed by atoms with Gasteiger partial charge < -0.3 is 10.2 Å². The third-order valence-corrected chi connectivity index (χ3v) is 4.30. The van der Waals surface area contributed by atoms with E-state index in [2.05, 4.69) is 29.4 Å². The standard InChI is InChI=1S/C19H23N3O/c1-2-15-8-4-5-9-17(15)21-16-10-11-18(20-14-16)19(23)22-12-6-3-7-13-22/h4-5,8-11,14,21H,2-3,6-7,12-13H2,1H3. The Balaban J connectivity index is 1.70. The van der Waals surface area contributed by atoms with Gasteiger partial charge in [0.25, 0.3) is 5.91 Å². The maximum Gasteiger partial charge on any atom is 0.272 e. The molecule has 2 aromatic rings. The number of carbonyl (C=O) groups excluding carboxylic acids is 1. The summed E-state index contributed by atoms with van der Waals surface area (Å²) in [4.78, 5) is 18.7. The van der Waals surface area contributed by atoms with Crippen LogP contribution in [-0.2, 0) is 6.42 Å². The molecule has 0 unspecified atom stereocenters. The molecular formula is C19H23N3O. The van der Waals surface area contributed by atoms with Crippen molar-refractivity contribution in [3.63, 3.8) is 0 Å². The highest BCUT2D eigenvalue weighted by atomic mass is 16.2. The van der Waals surface area contributed by atoms with Crippen LogP contribution in [-0.4, -0.2) is 28.9 Å². The highest BCUT2D eigenvalue weighted by Gasteiger charge is 2.18. The van der Waals surface area contributed by atoms with Crippen LogP contribution in [0.25, 0.3) is 0 Å². The number of hydrogen-bond acceptors (Lipinski definition) is 3. The van der Waals surface area contributed by atoms with Gasteiger partial charge in [-0.3, -0.25) is 4.79 Å². The first-order valence-corrected chi connectivity index (χ1v) is 8.38. The number of benzene rings is 1. The quantitative estimate of drug-likeness (QED) is 0.928. The van der Waals surface area contributed by atoms with Gasteiger partial charge in [0.15, 0.2) is 0 Å². The summed E-state index contributed by atoms with van der Waals surface area (Å²) in [5.41, 5.74) is 3.79. The van der Waals surface area contributed by atoms with Crippen molar-refractivity contribution in [1.82, 2.24) is 9.88 Å². The number of rotatable bonds is 4. The van der Waals surface area contributed by atoms with E-state index in [0.29, 0.717) is 5.69 Å². The van der Waals surface area contributed by atoms with E-state index in [0.717, 1.165) is 43.7 Å². The van der Waals surface area contributed by atoms with Crippen LogP contribution in [0.3, 0.4) is 0 Å². The fourth-order valence-electron chi connectivity index (χ4n) is 2.96. The Kier molecular flexibility index (Phi) is 4.91. The van der Waals surface area contributed by atoms with Crippen LogP contribution in [0.4, 0.5) is 11.4 Å². The SMILES string of the molecule is CCc1ccccc1Nc1ccc(C(=O)N2CCCCC2)nc1. The number of likely N-dealkylation sites (tertiary alicyclic amines) is 1. The van der Waals surface area contributed by atoms with E-state index in [1.165, 1.54) is 12.0 Å². The summed E-state index contributed by atoms with van der Waals surface area (Å²) in [6.07, 6.45) is 6.13. The van der Waals surface area contributed by atoms with E-state index in [9.17, 15) is 4.79 Å². The number of carbonyl (C=O) groups is 1. The molecule has 1 saturated heterocycles. The van der Waals surface area contributed by atoms with Crippen LogP contribution in [0.1, 0.15) is 42.2 Å². The number of aromatic nitrogens is 1. The number of nitrogens with one attached hydrogen (secondary N) is 1. The molecule has 0 saturated carbocycles. The Hall–Kier alpha value is -2.36. The Morgan fingerprint density at radius 3 is 2.61 bits per heavy atom. The lowest BCUT2D eigenvalue weighted by Crippen LogP contribution is -2.36. The van der Waals surface area contributed by atoms with Crippen LogP contribution < -0.4 is 5.32 Å². The van der Waals surface area contributed by atoms with E-state index in [-0.39, 0.29) is 5.91 Å². The minimum Gasteiger partial charge on any atom is -0.354 e. The second kappa shape index (κ2) is 7.27. The zero-order valence-electron chi connectivity index (χ0n) is 13.6. The molecule has 1 N–H and O–H groups in total. The summed E-state index contributed by atoms with van der Waals surface area (Å²) in [5.74, 6) is 0.0465. The molecule has 0 spiro atoms. The first kappa shape index (κ1) is 15.5. The van der Waals surface area contributed by atoms with Crippen molar-refractivity contribution in [3.8, 4) is 0 Å². The van der Waals surface area contributed by atoms with Gasteiger partial charge >= 0.3 is 0 Å². The molecule has 120 valence electrons. The number of aryl methyl sites for hydroxylation is 1. The number of para-hydroxylation sites is 1. The van der Waals surface area contributed by atoms with E-state index in [1.54, 1.807) is 6.20 Å². The summed E-state index contributed by atoms with van der Waals surface area (Å²) in [6.45, 7) is 3.84. The maximum absolute atomic E-state index is 12.4. The average molecular weight is 309 g/mol. The predicted octanol–water partition coefficient (Wildman–Crippen LogP) is 4.01. The monoisotopic (exact) mass is 309 g/mol. The van der Waals surface area contributed by atoms with Gasteiger partial charge in [0.05, 0.1) is 11.9 Å². The number of hydrogen-bond donors (Lipinski definition) is 1. The van der Waals surface area contributed by atoms with Gasteiger partial charge in [0.1, 0.15) is 5.69 Å². The molecule has 0 atom stereocenters. The zero-order valence-corrected chi connectivity index (χ0v) is 13.6. The minimum absolute atomic E-state index is 0.0465. The van der Waals surface area contributed by atoms with Gasteiger partial charge in [-0.2, -0.15) is 0 Å². The average Bonchev–Trinajstić information content (AvgIpc) is 2.63. The van der Waals surface area contributed by atoms with Crippen molar-refractivity contribution in [3.05, 3.63) is 53.9 Å². The third kappa shape index (κ3) is 3.70. The normalized spacial score (nSPS) is 14.6. The third-order valence-electron chi connectivity index (χ3n) is 4.30. The molecule has 1 fully saturated rings. The van der Waals surface area contributed by atoms with E-state index in [1.807, 2.05) is 29.2 Å². The molecule has 1 amide bonds. The number of anilines is 2. The molecule has 4 heteroatoms. The van der Waals surface area contributed by atoms with Crippen molar-refractivity contribution in [2.24, 2.45) is 0 Å². The van der Waals surface area contributed by atoms with E-state index >= 15 is 0 Å². The van der Waals surface area contributed by atoms with Crippen LogP contribution in [0.15, 0.2) is 42.6 Å². The van der Waals surface area contributed by atoms with Gasteiger partial charge in [0, 0.05) is 18.8 Å². The van der Waals surface area contributed by atoms with Crippen molar-refractivity contribution in [2.75, 3.05) is 18.4 Å². The van der Waals surface area contributed by atoms with Crippen LogP contribution >= 0.6 is 0 Å². The Morgan fingerprint density at radius 1 is 1.13 bits per heavy atom. The molecule has 23 heavy (non-hydrogen) atoms. The van der Waals surface area contributed by atoms with E-state index in [4.69, 9.17) is 0 Å². The van der Waals surface area contributed by atoms with Gasteiger partial charge in [-0.15, -0.1) is 0 Å². The zero-order chi connectivity index (χ0) is 16.1. The van der Waals surface area contributed by atoms with Crippen molar-refractivity contribution < 1.29 is 4.79 Å². The van der Waals surface area contributed by atoms with Crippen LogP contribution in [0, 0.1) is 0 Å². The molecule has 2 heterocycles. The summed E-state index contributed by atoms with van der Waals surface area (Å²) in [6, 6.07) is 12.0. The van der Waals surface area contributed by atoms with Crippen molar-refractivity contribution in [1.29, 1.82) is 0 Å². The Bertz CT molecular complexity index is 661. The lowest BCUT2D eigenvalue weighted by atomic mass is 10.1. The second-order valence-corrected chi connectivity index (χ2v) is 5.92. The first-order valence-electron chi connectivity index (χ1n) is 8.38. The lowest BCUT2D eigenvalue weighted by molar-refractivity contribution is 0.0718. The topological polar surface area (TPSA) is 45.2 Å². The molecule has 1 aliphatic heterocycles. The van der Waals surface area contributed by atoms with E-state index < -0.39 is 0 Å². The molecule has 0 aliphatic carbocycles. The van der Waals surface area contributed by atoms with Gasteiger partial charge in [0.2, 0.25) is 0 Å². The summed E-state index contributed by atoms with van der Waals surface area (Å²) in [7, 11) is 0. The summed E-state index contributed by atoms with van der Waals surface area (Å²) in [5, 5.41) is 3.38. The van der Waals surface area contributed by atoms with Crippen LogP contribution in [0.5, 0.6) is 0 Å². The summed E-state index contributed by atoms with van der Waals surface area (Å²) < 4.78 is 0. The number of nitrogens with zero attached hydrogens (tertiary/aromatic N) is 2. The van der Waals surface area contributed by atoms with Crippen molar-refractivity contribution >= 4 is 17.3 Å². The molecule has 3 rings (SSSR count). The Morgan fingerprint density at radius 2 is 1.91 bits per heavy atom. The fraction of sp³-hybridized carbons (Fsp3) is 0.368. The maximum atomic E-state index is 12.4. The van der Waals surface area contributed by atoms with Gasteiger partial charge in [-0.1, -0.05) is 25.1 Å². The molecular weight excluding hydrogens is 286 g/mol. The summed E-state index contributed by atoms with van der Waals surface area (Å²) >= 11 is 0. The predicted molar refractivity (Wildman–Crippen MR) is 93.1 cm³/mol. The molecule has 0 bridgehead atoms. The van der Waals surface area contributed by atoms with Crippen molar-refractivity contribution in [2.45, 2.75) is 32.6 Å². The number of piperidine rings is 1. The molecule has 1 aromatic heterocycles. The number of pyridine rings is 1. The first-order chi connectivity index (χ1) is 11.3. The molecule has 0 radical (unpaired) electrons. The van der Waals surface area contributed by atoms with Gasteiger partial charge in [-0.05, 0) is 49.4 Å². The fourth-order valence-corrected chi connectivity index (χ4v) is 2.96. The number of amides is 1. The van der Waals surface area contributed by atoms with Gasteiger partial charge in [-0.25, -0.2) is 4.98 Å². The smallest absolute Gasteiger partial charge is 0.272 e. The molecule has 4 nitrogen and oxygen atoms in total. The largest absolute Gasteiger partial charge is 0.354 e. The minimum atomic E-state index is 0.0465. The Labute approximate surface area is 137 Å².